The van der Waals surface area contributed by atoms with Crippen LogP contribution in [0.4, 0.5) is 5.69 Å². The molecule has 168 valence electrons. The molecule has 0 atom stereocenters. The summed E-state index contributed by atoms with van der Waals surface area (Å²) in [7, 11) is -0.753. The number of carbonyl (C=O) groups is 1. The molecule has 0 aliphatic carbocycles. The van der Waals surface area contributed by atoms with Crippen LogP contribution < -0.4 is 16.6 Å². The second-order valence-corrected chi connectivity index (χ2v) is 9.64. The minimum atomic E-state index is -3.59. The van der Waals surface area contributed by atoms with Crippen molar-refractivity contribution in [3.05, 3.63) is 62.9 Å². The van der Waals surface area contributed by atoms with E-state index in [1.807, 2.05) is 0 Å². The molecular weight excluding hydrogens is 434 g/mol. The maximum absolute atomic E-state index is 12.8. The average molecular weight is 458 g/mol. The van der Waals surface area contributed by atoms with E-state index < -0.39 is 27.2 Å². The summed E-state index contributed by atoms with van der Waals surface area (Å²) in [5.74, 6) is -0.518. The quantitative estimate of drug-likeness (QED) is 0.625. The van der Waals surface area contributed by atoms with Crippen LogP contribution in [0.5, 0.6) is 0 Å². The van der Waals surface area contributed by atoms with Gasteiger partial charge in [-0.15, -0.1) is 0 Å². The van der Waals surface area contributed by atoms with Crippen LogP contribution in [-0.2, 0) is 24.1 Å². The largest absolute Gasteiger partial charge is 0.332 e. The number of piperidine rings is 1. The highest BCUT2D eigenvalue weighted by Crippen LogP contribution is 2.22. The maximum Gasteiger partial charge on any atom is 0.332 e. The molecule has 1 aliphatic heterocycles. The first-order valence-corrected chi connectivity index (χ1v) is 11.6. The smallest absolute Gasteiger partial charge is 0.321 e. The number of rotatable bonds is 4. The molecular formula is C21H23N5O5S. The molecule has 0 radical (unpaired) electrons. The predicted octanol–water partition coefficient (Wildman–Crippen LogP) is 1.06. The molecule has 3 aromatic rings. The first-order chi connectivity index (χ1) is 15.2. The summed E-state index contributed by atoms with van der Waals surface area (Å²) in [6.07, 6.45) is 4.09. The van der Waals surface area contributed by atoms with Crippen molar-refractivity contribution in [2.45, 2.75) is 24.2 Å². The Balaban J connectivity index is 1.64. The minimum Gasteiger partial charge on any atom is -0.321 e. The van der Waals surface area contributed by atoms with E-state index in [0.29, 0.717) is 13.1 Å². The summed E-state index contributed by atoms with van der Waals surface area (Å²) in [6, 6.07) is 7.16. The second-order valence-electron chi connectivity index (χ2n) is 7.71. The van der Waals surface area contributed by atoms with E-state index in [1.54, 1.807) is 0 Å². The van der Waals surface area contributed by atoms with E-state index in [-0.39, 0.29) is 27.2 Å². The van der Waals surface area contributed by atoms with Crippen LogP contribution in [0.3, 0.4) is 0 Å². The van der Waals surface area contributed by atoms with Gasteiger partial charge in [0.25, 0.3) is 11.5 Å². The van der Waals surface area contributed by atoms with Crippen molar-refractivity contribution in [1.29, 1.82) is 0 Å². The molecule has 1 saturated heterocycles. The molecule has 11 heteroatoms. The van der Waals surface area contributed by atoms with Gasteiger partial charge >= 0.3 is 5.69 Å². The van der Waals surface area contributed by atoms with Gasteiger partial charge in [-0.05, 0) is 43.2 Å². The molecule has 1 N–H and O–H groups in total. The number of aryl methyl sites for hydroxylation is 1. The number of anilines is 1. The fraction of sp³-hybridized carbons (Fsp3) is 0.333. The molecule has 0 saturated carbocycles. The van der Waals surface area contributed by atoms with E-state index >= 15 is 0 Å². The number of benzene rings is 1. The van der Waals surface area contributed by atoms with Crippen molar-refractivity contribution in [1.82, 2.24) is 18.4 Å². The van der Waals surface area contributed by atoms with Crippen LogP contribution in [-0.4, -0.2) is 45.8 Å². The van der Waals surface area contributed by atoms with Crippen molar-refractivity contribution < 1.29 is 13.2 Å². The lowest BCUT2D eigenvalue weighted by atomic mass is 10.2. The third-order valence-electron chi connectivity index (χ3n) is 5.66. The first-order valence-electron chi connectivity index (χ1n) is 10.2. The van der Waals surface area contributed by atoms with E-state index in [2.05, 4.69) is 10.3 Å². The lowest BCUT2D eigenvalue weighted by Crippen LogP contribution is -2.37. The molecule has 3 heterocycles. The standard InChI is InChI=1S/C21H23N5O5S/c1-24-18-17(20(28)25(2)21(24)29)16(10-11-22-18)23-19(27)14-6-8-15(9-7-14)32(30,31)26-12-4-3-5-13-26/h6-11H,3-5,12-13H2,1-2H3,(H,22,23,27). The number of aromatic nitrogens is 3. The Morgan fingerprint density at radius 1 is 0.969 bits per heavy atom. The molecule has 0 spiro atoms. The molecule has 0 bridgehead atoms. The number of nitrogens with zero attached hydrogens (tertiary/aromatic N) is 4. The molecule has 10 nitrogen and oxygen atoms in total. The third-order valence-corrected chi connectivity index (χ3v) is 7.57. The van der Waals surface area contributed by atoms with Crippen LogP contribution in [0.2, 0.25) is 0 Å². The van der Waals surface area contributed by atoms with Crippen LogP contribution in [0, 0.1) is 0 Å². The van der Waals surface area contributed by atoms with Gasteiger partial charge in [0.2, 0.25) is 10.0 Å². The van der Waals surface area contributed by atoms with Crippen LogP contribution in [0.15, 0.2) is 51.0 Å². The van der Waals surface area contributed by atoms with E-state index in [1.165, 1.54) is 59.5 Å². The molecule has 1 fully saturated rings. The van der Waals surface area contributed by atoms with Gasteiger partial charge in [0, 0.05) is 38.9 Å². The number of hydrogen-bond acceptors (Lipinski definition) is 6. The van der Waals surface area contributed by atoms with Crippen molar-refractivity contribution in [3.63, 3.8) is 0 Å². The number of hydrogen-bond donors (Lipinski definition) is 1. The topological polar surface area (TPSA) is 123 Å². The summed E-state index contributed by atoms with van der Waals surface area (Å²) in [4.78, 5) is 41.8. The SMILES string of the molecule is Cn1c(=O)c2c(NC(=O)c3ccc(S(=O)(=O)N4CCCCC4)cc3)ccnc2n(C)c1=O. The zero-order chi connectivity index (χ0) is 23.0. The Bertz CT molecular complexity index is 1420. The number of amides is 1. The van der Waals surface area contributed by atoms with Crippen LogP contribution >= 0.6 is 0 Å². The van der Waals surface area contributed by atoms with Crippen LogP contribution in [0.25, 0.3) is 11.0 Å². The molecule has 1 aromatic carbocycles. The summed E-state index contributed by atoms with van der Waals surface area (Å²) >= 11 is 0. The maximum atomic E-state index is 12.8. The highest BCUT2D eigenvalue weighted by molar-refractivity contribution is 7.89. The fourth-order valence-electron chi connectivity index (χ4n) is 3.82. The summed E-state index contributed by atoms with van der Waals surface area (Å²) in [5, 5.41) is 2.78. The summed E-state index contributed by atoms with van der Waals surface area (Å²) in [6.45, 7) is 0.994. The van der Waals surface area contributed by atoms with Gasteiger partial charge in [0.05, 0.1) is 10.6 Å². The van der Waals surface area contributed by atoms with Gasteiger partial charge < -0.3 is 5.32 Å². The predicted molar refractivity (Wildman–Crippen MR) is 119 cm³/mol. The van der Waals surface area contributed by atoms with E-state index in [9.17, 15) is 22.8 Å². The molecule has 1 amide bonds. The molecule has 32 heavy (non-hydrogen) atoms. The van der Waals surface area contributed by atoms with E-state index in [4.69, 9.17) is 0 Å². The zero-order valence-electron chi connectivity index (χ0n) is 17.7. The fourth-order valence-corrected chi connectivity index (χ4v) is 5.33. The Labute approximate surface area is 184 Å². The van der Waals surface area contributed by atoms with Crippen LogP contribution in [0.1, 0.15) is 29.6 Å². The van der Waals surface area contributed by atoms with Crippen molar-refractivity contribution >= 4 is 32.7 Å². The summed E-state index contributed by atoms with van der Waals surface area (Å²) in [5.41, 5.74) is -0.507. The number of carbonyl (C=O) groups excluding carboxylic acids is 1. The second kappa shape index (κ2) is 8.32. The van der Waals surface area contributed by atoms with Gasteiger partial charge in [-0.3, -0.25) is 18.7 Å². The van der Waals surface area contributed by atoms with Gasteiger partial charge in [-0.2, -0.15) is 4.31 Å². The number of nitrogens with one attached hydrogen (secondary N) is 1. The van der Waals surface area contributed by atoms with E-state index in [0.717, 1.165) is 23.8 Å². The normalized spacial score (nSPS) is 15.1. The zero-order valence-corrected chi connectivity index (χ0v) is 18.6. The number of sulfonamides is 1. The molecule has 1 aliphatic rings. The Kier molecular flexibility index (Phi) is 5.70. The monoisotopic (exact) mass is 457 g/mol. The Morgan fingerprint density at radius 3 is 2.28 bits per heavy atom. The van der Waals surface area contributed by atoms with Gasteiger partial charge in [0.15, 0.2) is 5.65 Å². The molecule has 0 unspecified atom stereocenters. The van der Waals surface area contributed by atoms with Gasteiger partial charge in [-0.1, -0.05) is 6.42 Å². The minimum absolute atomic E-state index is 0.106. The number of pyridine rings is 1. The molecule has 2 aromatic heterocycles. The average Bonchev–Trinajstić information content (AvgIpc) is 2.81. The summed E-state index contributed by atoms with van der Waals surface area (Å²) < 4.78 is 29.2. The van der Waals surface area contributed by atoms with Crippen molar-refractivity contribution in [2.75, 3.05) is 18.4 Å². The lowest BCUT2D eigenvalue weighted by Gasteiger charge is -2.25. The van der Waals surface area contributed by atoms with Crippen molar-refractivity contribution in [2.24, 2.45) is 14.1 Å². The molecule has 4 rings (SSSR count). The first kappa shape index (κ1) is 21.9. The lowest BCUT2D eigenvalue weighted by molar-refractivity contribution is 0.102. The third kappa shape index (κ3) is 3.73. The van der Waals surface area contributed by atoms with Crippen molar-refractivity contribution in [3.8, 4) is 0 Å². The Morgan fingerprint density at radius 2 is 1.62 bits per heavy atom. The van der Waals surface area contributed by atoms with Gasteiger partial charge in [-0.25, -0.2) is 18.2 Å². The number of fused-ring (bicyclic) bond motifs is 1. The highest BCUT2D eigenvalue weighted by Gasteiger charge is 2.26. The van der Waals surface area contributed by atoms with Gasteiger partial charge in [0.1, 0.15) is 5.39 Å². The highest BCUT2D eigenvalue weighted by atomic mass is 32.2. The Hall–Kier alpha value is -3.31.